The molecule has 3 heteroatoms. The fourth-order valence-electron chi connectivity index (χ4n) is 2.93. The molecule has 2 atom stereocenters. The molecule has 0 radical (unpaired) electrons. The Morgan fingerprint density at radius 3 is 3.22 bits per heavy atom. The van der Waals surface area contributed by atoms with Crippen LogP contribution in [0.5, 0.6) is 5.75 Å². The Bertz CT molecular complexity index is 481. The Kier molecular flexibility index (Phi) is 3.15. The highest BCUT2D eigenvalue weighted by molar-refractivity contribution is 5.69. The van der Waals surface area contributed by atoms with Gasteiger partial charge in [0, 0.05) is 12.2 Å². The zero-order chi connectivity index (χ0) is 12.4. The molecule has 18 heavy (non-hydrogen) atoms. The normalized spacial score (nSPS) is 26.3. The SMILES string of the molecule is C=COc1cncc(C2=C[C@@H]3CCCN[C@@H]3C2)c1. The molecule has 3 nitrogen and oxygen atoms in total. The largest absolute Gasteiger partial charge is 0.464 e. The average Bonchev–Trinajstić information content (AvgIpc) is 2.83. The standard InChI is InChI=1S/C15H18N2O/c1-2-18-14-7-13(9-16-10-14)12-6-11-4-3-5-17-15(11)8-12/h2,6-7,9-11,15,17H,1,3-5,8H2/t11-,15+/m0/s1. The lowest BCUT2D eigenvalue weighted by atomic mass is 9.94. The summed E-state index contributed by atoms with van der Waals surface area (Å²) in [5.41, 5.74) is 2.56. The van der Waals surface area contributed by atoms with Crippen molar-refractivity contribution in [3.63, 3.8) is 0 Å². The number of hydrogen-bond donors (Lipinski definition) is 1. The van der Waals surface area contributed by atoms with Gasteiger partial charge in [0.05, 0.1) is 12.5 Å². The van der Waals surface area contributed by atoms with Crippen LogP contribution in [0.2, 0.25) is 0 Å². The van der Waals surface area contributed by atoms with E-state index in [0.29, 0.717) is 12.0 Å². The van der Waals surface area contributed by atoms with Crippen LogP contribution in [0.4, 0.5) is 0 Å². The van der Waals surface area contributed by atoms with Crippen molar-refractivity contribution in [3.05, 3.63) is 42.9 Å². The molecule has 1 saturated heterocycles. The molecule has 1 N–H and O–H groups in total. The Labute approximate surface area is 108 Å². The maximum atomic E-state index is 5.28. The Morgan fingerprint density at radius 2 is 2.39 bits per heavy atom. The lowest BCUT2D eigenvalue weighted by Gasteiger charge is -2.25. The summed E-state index contributed by atoms with van der Waals surface area (Å²) in [7, 11) is 0. The number of piperidine rings is 1. The molecule has 0 spiro atoms. The van der Waals surface area contributed by atoms with Gasteiger partial charge in [-0.2, -0.15) is 0 Å². The second kappa shape index (κ2) is 4.94. The number of nitrogens with one attached hydrogen (secondary N) is 1. The third kappa shape index (κ3) is 2.18. The molecular weight excluding hydrogens is 224 g/mol. The van der Waals surface area contributed by atoms with Crippen LogP contribution in [-0.4, -0.2) is 17.6 Å². The minimum Gasteiger partial charge on any atom is -0.464 e. The Morgan fingerprint density at radius 1 is 1.44 bits per heavy atom. The maximum absolute atomic E-state index is 5.28. The monoisotopic (exact) mass is 242 g/mol. The number of aromatic nitrogens is 1. The molecule has 1 aromatic heterocycles. The van der Waals surface area contributed by atoms with E-state index in [-0.39, 0.29) is 0 Å². The van der Waals surface area contributed by atoms with Crippen LogP contribution in [0.1, 0.15) is 24.8 Å². The van der Waals surface area contributed by atoms with E-state index in [0.717, 1.165) is 18.7 Å². The number of fused-ring (bicyclic) bond motifs is 1. The van der Waals surface area contributed by atoms with Gasteiger partial charge in [0.2, 0.25) is 0 Å². The van der Waals surface area contributed by atoms with Crippen molar-refractivity contribution >= 4 is 5.57 Å². The molecular formula is C15H18N2O. The summed E-state index contributed by atoms with van der Waals surface area (Å²) in [6.45, 7) is 4.72. The Hall–Kier alpha value is -1.61. The molecule has 1 aliphatic heterocycles. The lowest BCUT2D eigenvalue weighted by molar-refractivity contribution is 0.348. The van der Waals surface area contributed by atoms with E-state index in [1.165, 1.54) is 30.2 Å². The molecule has 94 valence electrons. The van der Waals surface area contributed by atoms with Crippen molar-refractivity contribution in [2.24, 2.45) is 5.92 Å². The predicted octanol–water partition coefficient (Wildman–Crippen LogP) is 2.76. The quantitative estimate of drug-likeness (QED) is 0.828. The fraction of sp³-hybridized carbons (Fsp3) is 0.400. The minimum absolute atomic E-state index is 0.623. The maximum Gasteiger partial charge on any atom is 0.145 e. The van der Waals surface area contributed by atoms with Crippen LogP contribution in [-0.2, 0) is 0 Å². The van der Waals surface area contributed by atoms with Crippen LogP contribution in [0, 0.1) is 5.92 Å². The molecule has 1 aromatic rings. The number of ether oxygens (including phenoxy) is 1. The third-order valence-electron chi connectivity index (χ3n) is 3.80. The molecule has 1 aliphatic carbocycles. The number of rotatable bonds is 3. The first-order valence-corrected chi connectivity index (χ1v) is 6.54. The fourth-order valence-corrected chi connectivity index (χ4v) is 2.93. The van der Waals surface area contributed by atoms with Crippen molar-refractivity contribution in [2.75, 3.05) is 6.54 Å². The van der Waals surface area contributed by atoms with Crippen LogP contribution >= 0.6 is 0 Å². The minimum atomic E-state index is 0.623. The highest BCUT2D eigenvalue weighted by atomic mass is 16.5. The van der Waals surface area contributed by atoms with Gasteiger partial charge >= 0.3 is 0 Å². The second-order valence-corrected chi connectivity index (χ2v) is 4.96. The number of pyridine rings is 1. The van der Waals surface area contributed by atoms with Gasteiger partial charge in [0.25, 0.3) is 0 Å². The van der Waals surface area contributed by atoms with E-state index in [9.17, 15) is 0 Å². The first-order valence-electron chi connectivity index (χ1n) is 6.54. The topological polar surface area (TPSA) is 34.1 Å². The number of nitrogens with zero attached hydrogens (tertiary/aromatic N) is 1. The van der Waals surface area contributed by atoms with Crippen molar-refractivity contribution in [1.29, 1.82) is 0 Å². The molecule has 0 bridgehead atoms. The molecule has 0 amide bonds. The molecule has 0 saturated carbocycles. The van der Waals surface area contributed by atoms with Crippen molar-refractivity contribution in [1.82, 2.24) is 10.3 Å². The molecule has 2 aliphatic rings. The van der Waals surface area contributed by atoms with Gasteiger partial charge in [0.1, 0.15) is 5.75 Å². The summed E-state index contributed by atoms with van der Waals surface area (Å²) in [5, 5.41) is 3.60. The van der Waals surface area contributed by atoms with Crippen molar-refractivity contribution in [3.8, 4) is 5.75 Å². The highest BCUT2D eigenvalue weighted by Crippen LogP contribution is 2.36. The zero-order valence-corrected chi connectivity index (χ0v) is 10.4. The van der Waals surface area contributed by atoms with Crippen LogP contribution in [0.3, 0.4) is 0 Å². The third-order valence-corrected chi connectivity index (χ3v) is 3.80. The zero-order valence-electron chi connectivity index (χ0n) is 10.4. The molecule has 2 heterocycles. The van der Waals surface area contributed by atoms with E-state index >= 15 is 0 Å². The van der Waals surface area contributed by atoms with Crippen molar-refractivity contribution < 1.29 is 4.74 Å². The van der Waals surface area contributed by atoms with Gasteiger partial charge in [-0.05, 0) is 48.9 Å². The van der Waals surface area contributed by atoms with Gasteiger partial charge in [-0.15, -0.1) is 0 Å². The van der Waals surface area contributed by atoms with Crippen molar-refractivity contribution in [2.45, 2.75) is 25.3 Å². The summed E-state index contributed by atoms with van der Waals surface area (Å²) >= 11 is 0. The highest BCUT2D eigenvalue weighted by Gasteiger charge is 2.29. The predicted molar refractivity (Wildman–Crippen MR) is 72.2 cm³/mol. The van der Waals surface area contributed by atoms with Crippen LogP contribution < -0.4 is 10.1 Å². The summed E-state index contributed by atoms with van der Waals surface area (Å²) in [4.78, 5) is 4.23. The molecule has 3 rings (SSSR count). The lowest BCUT2D eigenvalue weighted by Crippen LogP contribution is -2.37. The summed E-state index contributed by atoms with van der Waals surface area (Å²) in [6.07, 6.45) is 11.2. The van der Waals surface area contributed by atoms with Gasteiger partial charge < -0.3 is 10.1 Å². The second-order valence-electron chi connectivity index (χ2n) is 4.96. The first-order chi connectivity index (χ1) is 8.86. The molecule has 0 unspecified atom stereocenters. The van der Waals surface area contributed by atoms with E-state index < -0.39 is 0 Å². The number of hydrogen-bond acceptors (Lipinski definition) is 3. The summed E-state index contributed by atoms with van der Waals surface area (Å²) in [5.74, 6) is 1.45. The van der Waals surface area contributed by atoms with Gasteiger partial charge in [0.15, 0.2) is 0 Å². The van der Waals surface area contributed by atoms with E-state index in [1.807, 2.05) is 12.3 Å². The van der Waals surface area contributed by atoms with Gasteiger partial charge in [-0.1, -0.05) is 12.7 Å². The summed E-state index contributed by atoms with van der Waals surface area (Å²) < 4.78 is 5.28. The molecule has 1 fully saturated rings. The van der Waals surface area contributed by atoms with Crippen LogP contribution in [0.15, 0.2) is 37.4 Å². The van der Waals surface area contributed by atoms with E-state index in [1.54, 1.807) is 6.20 Å². The molecule has 0 aromatic carbocycles. The summed E-state index contributed by atoms with van der Waals surface area (Å²) in [6, 6.07) is 2.66. The first kappa shape index (κ1) is 11.5. The Balaban J connectivity index is 1.82. The van der Waals surface area contributed by atoms with Gasteiger partial charge in [-0.25, -0.2) is 0 Å². The smallest absolute Gasteiger partial charge is 0.145 e. The van der Waals surface area contributed by atoms with E-state index in [2.05, 4.69) is 23.0 Å². The van der Waals surface area contributed by atoms with Gasteiger partial charge in [-0.3, -0.25) is 4.98 Å². The van der Waals surface area contributed by atoms with E-state index in [4.69, 9.17) is 4.74 Å². The van der Waals surface area contributed by atoms with Crippen LogP contribution in [0.25, 0.3) is 5.57 Å². The average molecular weight is 242 g/mol.